The molecule has 0 spiro atoms. The molecule has 1 saturated heterocycles. The number of likely N-dealkylation sites (tertiary alicyclic amines) is 1. The third kappa shape index (κ3) is 4.24. The zero-order chi connectivity index (χ0) is 19.4. The van der Waals surface area contributed by atoms with Crippen LogP contribution in [-0.4, -0.2) is 40.9 Å². The van der Waals surface area contributed by atoms with Gasteiger partial charge in [0.15, 0.2) is 0 Å². The van der Waals surface area contributed by atoms with Crippen LogP contribution in [0, 0.1) is 11.7 Å². The molecule has 7 heteroatoms. The van der Waals surface area contributed by atoms with Crippen LogP contribution in [0.1, 0.15) is 33.6 Å². The van der Waals surface area contributed by atoms with Crippen LogP contribution in [0.2, 0.25) is 0 Å². The maximum absolute atomic E-state index is 13.8. The fourth-order valence-electron chi connectivity index (χ4n) is 3.25. The molecule has 0 saturated carbocycles. The first-order chi connectivity index (χ1) is 13.0. The standard InChI is InChI=1S/C20H22FN3O3/c1-23-10-4-6-16(19(23)26)18(25)22-13-14-8-11-24(12-9-14)20(27)15-5-2-3-7-17(15)21/h2-7,10,14H,8-9,11-13H2,1H3,(H,22,25). The third-order valence-electron chi connectivity index (χ3n) is 4.93. The van der Waals surface area contributed by atoms with Gasteiger partial charge in [0.1, 0.15) is 11.4 Å². The molecule has 3 rings (SSSR count). The number of aromatic nitrogens is 1. The number of nitrogens with zero attached hydrogens (tertiary/aromatic N) is 2. The average Bonchev–Trinajstić information content (AvgIpc) is 2.68. The number of benzene rings is 1. The van der Waals surface area contributed by atoms with E-state index in [1.54, 1.807) is 36.3 Å². The maximum Gasteiger partial charge on any atom is 0.263 e. The van der Waals surface area contributed by atoms with Gasteiger partial charge in [-0.2, -0.15) is 0 Å². The van der Waals surface area contributed by atoms with E-state index in [9.17, 15) is 18.8 Å². The van der Waals surface area contributed by atoms with E-state index in [4.69, 9.17) is 0 Å². The first kappa shape index (κ1) is 18.8. The number of nitrogens with one attached hydrogen (secondary N) is 1. The Kier molecular flexibility index (Phi) is 5.69. The van der Waals surface area contributed by atoms with Crippen LogP contribution in [0.3, 0.4) is 0 Å². The van der Waals surface area contributed by atoms with Gasteiger partial charge in [-0.15, -0.1) is 0 Å². The zero-order valence-corrected chi connectivity index (χ0v) is 15.2. The van der Waals surface area contributed by atoms with Gasteiger partial charge in [-0.1, -0.05) is 12.1 Å². The second-order valence-corrected chi connectivity index (χ2v) is 6.76. The van der Waals surface area contributed by atoms with Gasteiger partial charge in [0.25, 0.3) is 17.4 Å². The van der Waals surface area contributed by atoms with E-state index in [0.29, 0.717) is 32.5 Å². The molecule has 1 aliphatic rings. The minimum absolute atomic E-state index is 0.0872. The molecule has 2 aromatic rings. The van der Waals surface area contributed by atoms with E-state index in [-0.39, 0.29) is 34.4 Å². The molecule has 1 fully saturated rings. The van der Waals surface area contributed by atoms with Crippen molar-refractivity contribution in [2.45, 2.75) is 12.8 Å². The van der Waals surface area contributed by atoms with Crippen molar-refractivity contribution in [3.8, 4) is 0 Å². The lowest BCUT2D eigenvalue weighted by Crippen LogP contribution is -2.42. The topological polar surface area (TPSA) is 71.4 Å². The first-order valence-corrected chi connectivity index (χ1v) is 8.95. The van der Waals surface area contributed by atoms with Gasteiger partial charge in [-0.05, 0) is 43.0 Å². The number of pyridine rings is 1. The summed E-state index contributed by atoms with van der Waals surface area (Å²) in [6.07, 6.45) is 3.03. The Morgan fingerprint density at radius 2 is 1.78 bits per heavy atom. The van der Waals surface area contributed by atoms with Gasteiger partial charge >= 0.3 is 0 Å². The predicted molar refractivity (Wildman–Crippen MR) is 99.0 cm³/mol. The molecule has 1 aromatic heterocycles. The van der Waals surface area contributed by atoms with Gasteiger partial charge in [0, 0.05) is 32.9 Å². The molecule has 0 radical (unpaired) electrons. The smallest absolute Gasteiger partial charge is 0.263 e. The summed E-state index contributed by atoms with van der Waals surface area (Å²) in [5.74, 6) is -0.989. The lowest BCUT2D eigenvalue weighted by Gasteiger charge is -2.32. The fourth-order valence-corrected chi connectivity index (χ4v) is 3.25. The number of amides is 2. The number of carbonyl (C=O) groups excluding carboxylic acids is 2. The molecule has 0 unspecified atom stereocenters. The van der Waals surface area contributed by atoms with Crippen LogP contribution in [0.15, 0.2) is 47.4 Å². The quantitative estimate of drug-likeness (QED) is 0.891. The van der Waals surface area contributed by atoms with Crippen molar-refractivity contribution in [3.63, 3.8) is 0 Å². The number of rotatable bonds is 4. The molecule has 0 aliphatic carbocycles. The number of piperidine rings is 1. The van der Waals surface area contributed by atoms with Gasteiger partial charge in [0.2, 0.25) is 0 Å². The van der Waals surface area contributed by atoms with Crippen molar-refractivity contribution in [2.24, 2.45) is 13.0 Å². The van der Waals surface area contributed by atoms with E-state index in [0.717, 1.165) is 0 Å². The number of carbonyl (C=O) groups is 2. The van der Waals surface area contributed by atoms with Crippen LogP contribution in [0.4, 0.5) is 4.39 Å². The second kappa shape index (κ2) is 8.16. The number of hydrogen-bond donors (Lipinski definition) is 1. The molecule has 1 aromatic carbocycles. The summed E-state index contributed by atoms with van der Waals surface area (Å²) < 4.78 is 15.1. The van der Waals surface area contributed by atoms with Crippen molar-refractivity contribution in [3.05, 3.63) is 69.9 Å². The molecule has 27 heavy (non-hydrogen) atoms. The van der Waals surface area contributed by atoms with Crippen molar-refractivity contribution < 1.29 is 14.0 Å². The Bertz CT molecular complexity index is 901. The number of aryl methyl sites for hydroxylation is 1. The van der Waals surface area contributed by atoms with Crippen LogP contribution >= 0.6 is 0 Å². The SMILES string of the molecule is Cn1cccc(C(=O)NCC2CCN(C(=O)c3ccccc3F)CC2)c1=O. The molecule has 2 amide bonds. The van der Waals surface area contributed by atoms with E-state index in [1.807, 2.05) is 0 Å². The summed E-state index contributed by atoms with van der Waals surface area (Å²) in [4.78, 5) is 38.3. The zero-order valence-electron chi connectivity index (χ0n) is 15.2. The Morgan fingerprint density at radius 1 is 1.11 bits per heavy atom. The summed E-state index contributed by atoms with van der Waals surface area (Å²) in [6, 6.07) is 9.14. The second-order valence-electron chi connectivity index (χ2n) is 6.76. The van der Waals surface area contributed by atoms with Gasteiger partial charge in [0.05, 0.1) is 5.56 Å². The Labute approximate surface area is 156 Å². The van der Waals surface area contributed by atoms with Crippen LogP contribution in [-0.2, 0) is 7.05 Å². The largest absolute Gasteiger partial charge is 0.352 e. The molecule has 0 bridgehead atoms. The van der Waals surface area contributed by atoms with Crippen molar-refractivity contribution in [1.82, 2.24) is 14.8 Å². The third-order valence-corrected chi connectivity index (χ3v) is 4.93. The minimum Gasteiger partial charge on any atom is -0.352 e. The molecular formula is C20H22FN3O3. The normalized spacial score (nSPS) is 14.8. The number of halogens is 1. The maximum atomic E-state index is 13.8. The summed E-state index contributed by atoms with van der Waals surface area (Å²) in [6.45, 7) is 1.47. The lowest BCUT2D eigenvalue weighted by molar-refractivity contribution is 0.0679. The Balaban J connectivity index is 1.52. The highest BCUT2D eigenvalue weighted by atomic mass is 19.1. The molecule has 0 atom stereocenters. The average molecular weight is 371 g/mol. The Morgan fingerprint density at radius 3 is 2.48 bits per heavy atom. The molecule has 2 heterocycles. The Hall–Kier alpha value is -2.96. The van der Waals surface area contributed by atoms with Crippen molar-refractivity contribution in [1.29, 1.82) is 0 Å². The number of hydrogen-bond acceptors (Lipinski definition) is 3. The van der Waals surface area contributed by atoms with Crippen LogP contribution in [0.5, 0.6) is 0 Å². The van der Waals surface area contributed by atoms with Crippen molar-refractivity contribution in [2.75, 3.05) is 19.6 Å². The highest BCUT2D eigenvalue weighted by Crippen LogP contribution is 2.19. The fraction of sp³-hybridized carbons (Fsp3) is 0.350. The summed E-state index contributed by atoms with van der Waals surface area (Å²) in [5.41, 5.74) is -0.128. The van der Waals surface area contributed by atoms with E-state index < -0.39 is 5.82 Å². The van der Waals surface area contributed by atoms with Gasteiger partial charge < -0.3 is 14.8 Å². The van der Waals surface area contributed by atoms with Crippen LogP contribution in [0.25, 0.3) is 0 Å². The summed E-state index contributed by atoms with van der Waals surface area (Å²) >= 11 is 0. The summed E-state index contributed by atoms with van der Waals surface area (Å²) in [5, 5.41) is 2.81. The predicted octanol–water partition coefficient (Wildman–Crippen LogP) is 1.81. The lowest BCUT2D eigenvalue weighted by atomic mass is 9.96. The van der Waals surface area contributed by atoms with E-state index in [2.05, 4.69) is 5.32 Å². The van der Waals surface area contributed by atoms with Crippen LogP contribution < -0.4 is 10.9 Å². The molecule has 1 N–H and O–H groups in total. The first-order valence-electron chi connectivity index (χ1n) is 8.95. The minimum atomic E-state index is -0.513. The monoisotopic (exact) mass is 371 g/mol. The highest BCUT2D eigenvalue weighted by Gasteiger charge is 2.25. The molecule has 6 nitrogen and oxygen atoms in total. The molecular weight excluding hydrogens is 349 g/mol. The van der Waals surface area contributed by atoms with E-state index >= 15 is 0 Å². The van der Waals surface area contributed by atoms with E-state index in [1.165, 1.54) is 22.8 Å². The molecule has 142 valence electrons. The molecule has 1 aliphatic heterocycles. The van der Waals surface area contributed by atoms with Gasteiger partial charge in [-0.25, -0.2) is 4.39 Å². The highest BCUT2D eigenvalue weighted by molar-refractivity contribution is 5.94. The van der Waals surface area contributed by atoms with Gasteiger partial charge in [-0.3, -0.25) is 14.4 Å². The summed E-state index contributed by atoms with van der Waals surface area (Å²) in [7, 11) is 1.60. The van der Waals surface area contributed by atoms with Crippen molar-refractivity contribution >= 4 is 11.8 Å².